The Morgan fingerprint density at radius 3 is 2.65 bits per heavy atom. The summed E-state index contributed by atoms with van der Waals surface area (Å²) >= 11 is 0. The first-order valence-corrected chi connectivity index (χ1v) is 7.47. The Labute approximate surface area is 121 Å². The van der Waals surface area contributed by atoms with Crippen molar-refractivity contribution in [1.82, 2.24) is 20.1 Å². The molecule has 1 N–H and O–H groups in total. The van der Waals surface area contributed by atoms with Crippen molar-refractivity contribution < 1.29 is 0 Å². The zero-order valence-electron chi connectivity index (χ0n) is 12.8. The largest absolute Gasteiger partial charge is 0.310 e. The van der Waals surface area contributed by atoms with Gasteiger partial charge in [-0.3, -0.25) is 0 Å². The van der Waals surface area contributed by atoms with E-state index in [-0.39, 0.29) is 0 Å². The van der Waals surface area contributed by atoms with Gasteiger partial charge in [0.05, 0.1) is 5.69 Å². The van der Waals surface area contributed by atoms with Crippen molar-refractivity contribution in [2.45, 2.75) is 46.6 Å². The molecule has 0 aliphatic rings. The number of aryl methyl sites for hydroxylation is 2. The van der Waals surface area contributed by atoms with E-state index in [1.807, 2.05) is 10.9 Å². The minimum Gasteiger partial charge on any atom is -0.310 e. The molecule has 0 bridgehead atoms. The summed E-state index contributed by atoms with van der Waals surface area (Å²) in [6.45, 7) is 9.53. The lowest BCUT2D eigenvalue weighted by atomic mass is 10.1. The summed E-state index contributed by atoms with van der Waals surface area (Å²) in [4.78, 5) is 4.48. The molecule has 0 aromatic carbocycles. The first-order valence-electron chi connectivity index (χ1n) is 7.47. The molecular formula is C16H24N4. The third-order valence-corrected chi connectivity index (χ3v) is 3.56. The molecule has 2 aromatic heterocycles. The average molecular weight is 272 g/mol. The van der Waals surface area contributed by atoms with Gasteiger partial charge in [0, 0.05) is 17.9 Å². The number of hydrogen-bond donors (Lipinski definition) is 1. The highest BCUT2D eigenvalue weighted by Gasteiger charge is 2.10. The van der Waals surface area contributed by atoms with Crippen LogP contribution in [0.5, 0.6) is 0 Å². The third-order valence-electron chi connectivity index (χ3n) is 3.56. The van der Waals surface area contributed by atoms with Crippen LogP contribution in [0.4, 0.5) is 0 Å². The maximum Gasteiger partial charge on any atom is 0.153 e. The smallest absolute Gasteiger partial charge is 0.153 e. The van der Waals surface area contributed by atoms with Gasteiger partial charge in [-0.15, -0.1) is 0 Å². The van der Waals surface area contributed by atoms with Crippen LogP contribution in [0, 0.1) is 0 Å². The number of hydrogen-bond acceptors (Lipinski definition) is 3. The fourth-order valence-electron chi connectivity index (χ4n) is 2.34. The van der Waals surface area contributed by atoms with Crippen molar-refractivity contribution >= 4 is 0 Å². The third kappa shape index (κ3) is 3.07. The number of aromatic nitrogens is 3. The summed E-state index contributed by atoms with van der Waals surface area (Å²) in [6.07, 6.45) is 3.78. The van der Waals surface area contributed by atoms with Crippen molar-refractivity contribution in [2.75, 3.05) is 6.54 Å². The number of rotatable bonds is 6. The Morgan fingerprint density at radius 1 is 1.20 bits per heavy atom. The van der Waals surface area contributed by atoms with Crippen molar-refractivity contribution in [3.05, 3.63) is 41.3 Å². The molecule has 0 saturated heterocycles. The van der Waals surface area contributed by atoms with Crippen molar-refractivity contribution in [3.8, 4) is 5.82 Å². The van der Waals surface area contributed by atoms with Gasteiger partial charge in [-0.1, -0.05) is 20.8 Å². The lowest BCUT2D eigenvalue weighted by molar-refractivity contribution is 0.596. The molecule has 0 aliphatic heterocycles. The summed E-state index contributed by atoms with van der Waals surface area (Å²) < 4.78 is 1.97. The SMILES string of the molecule is CCNC(C)c1ccnc(-n2nc(CC)cc2CC)c1. The summed E-state index contributed by atoms with van der Waals surface area (Å²) in [5.41, 5.74) is 3.57. The molecule has 0 saturated carbocycles. The van der Waals surface area contributed by atoms with Gasteiger partial charge < -0.3 is 5.32 Å². The van der Waals surface area contributed by atoms with Gasteiger partial charge in [-0.05, 0) is 50.1 Å². The normalized spacial score (nSPS) is 12.6. The van der Waals surface area contributed by atoms with Crippen LogP contribution in [0.3, 0.4) is 0 Å². The molecule has 1 atom stereocenters. The summed E-state index contributed by atoms with van der Waals surface area (Å²) in [5.74, 6) is 0.906. The van der Waals surface area contributed by atoms with E-state index < -0.39 is 0 Å². The Balaban J connectivity index is 2.37. The molecule has 2 heterocycles. The molecule has 0 radical (unpaired) electrons. The van der Waals surface area contributed by atoms with Gasteiger partial charge in [0.1, 0.15) is 0 Å². The van der Waals surface area contributed by atoms with E-state index in [1.165, 1.54) is 11.3 Å². The van der Waals surface area contributed by atoms with E-state index in [0.717, 1.165) is 30.9 Å². The lowest BCUT2D eigenvalue weighted by Crippen LogP contribution is -2.18. The second kappa shape index (κ2) is 6.66. The molecule has 0 aliphatic carbocycles. The van der Waals surface area contributed by atoms with E-state index in [2.05, 4.69) is 61.3 Å². The van der Waals surface area contributed by atoms with E-state index >= 15 is 0 Å². The molecule has 0 spiro atoms. The lowest BCUT2D eigenvalue weighted by Gasteiger charge is -2.14. The molecule has 0 fully saturated rings. The van der Waals surface area contributed by atoms with Crippen LogP contribution in [0.1, 0.15) is 50.7 Å². The zero-order valence-corrected chi connectivity index (χ0v) is 12.8. The Hall–Kier alpha value is -1.68. The van der Waals surface area contributed by atoms with Crippen molar-refractivity contribution in [3.63, 3.8) is 0 Å². The van der Waals surface area contributed by atoms with Crippen molar-refractivity contribution in [1.29, 1.82) is 0 Å². The Bertz CT molecular complexity index is 559. The van der Waals surface area contributed by atoms with E-state index in [1.54, 1.807) is 0 Å². The summed E-state index contributed by atoms with van der Waals surface area (Å²) in [6, 6.07) is 6.68. The van der Waals surface area contributed by atoms with E-state index in [9.17, 15) is 0 Å². The standard InChI is InChI=1S/C16H24N4/c1-5-14-11-15(6-2)20(19-14)16-10-13(8-9-18-16)12(4)17-7-3/h8-12,17H,5-7H2,1-4H3. The highest BCUT2D eigenvalue weighted by Crippen LogP contribution is 2.17. The van der Waals surface area contributed by atoms with Gasteiger partial charge in [0.2, 0.25) is 0 Å². The quantitative estimate of drug-likeness (QED) is 0.879. The maximum absolute atomic E-state index is 4.65. The topological polar surface area (TPSA) is 42.7 Å². The van der Waals surface area contributed by atoms with Crippen LogP contribution >= 0.6 is 0 Å². The highest BCUT2D eigenvalue weighted by molar-refractivity contribution is 5.31. The molecule has 20 heavy (non-hydrogen) atoms. The molecule has 0 amide bonds. The highest BCUT2D eigenvalue weighted by atomic mass is 15.3. The minimum atomic E-state index is 0.327. The van der Waals surface area contributed by atoms with E-state index in [4.69, 9.17) is 0 Å². The van der Waals surface area contributed by atoms with Crippen molar-refractivity contribution in [2.24, 2.45) is 0 Å². The maximum atomic E-state index is 4.65. The van der Waals surface area contributed by atoms with Gasteiger partial charge in [0.15, 0.2) is 5.82 Å². The predicted molar refractivity (Wildman–Crippen MR) is 82.2 cm³/mol. The Kier molecular flexibility index (Phi) is 4.90. The number of nitrogens with zero attached hydrogens (tertiary/aromatic N) is 3. The van der Waals surface area contributed by atoms with E-state index in [0.29, 0.717) is 6.04 Å². The molecular weight excluding hydrogens is 248 g/mol. The molecule has 2 rings (SSSR count). The Morgan fingerprint density at radius 2 is 2.00 bits per heavy atom. The predicted octanol–water partition coefficient (Wildman–Crippen LogP) is 3.06. The monoisotopic (exact) mass is 272 g/mol. The van der Waals surface area contributed by atoms with Crippen LogP contribution in [0.25, 0.3) is 5.82 Å². The van der Waals surface area contributed by atoms with Crippen LogP contribution in [0.2, 0.25) is 0 Å². The number of nitrogens with one attached hydrogen (secondary N) is 1. The summed E-state index contributed by atoms with van der Waals surface area (Å²) in [7, 11) is 0. The number of pyridine rings is 1. The first kappa shape index (κ1) is 14.7. The van der Waals surface area contributed by atoms with Gasteiger partial charge in [0.25, 0.3) is 0 Å². The van der Waals surface area contributed by atoms with Gasteiger partial charge >= 0.3 is 0 Å². The second-order valence-electron chi connectivity index (χ2n) is 4.97. The summed E-state index contributed by atoms with van der Waals surface area (Å²) in [5, 5.41) is 8.08. The fourth-order valence-corrected chi connectivity index (χ4v) is 2.34. The molecule has 2 aromatic rings. The molecule has 4 heteroatoms. The van der Waals surface area contributed by atoms with Crippen LogP contribution in [-0.4, -0.2) is 21.3 Å². The van der Waals surface area contributed by atoms with Crippen LogP contribution in [0.15, 0.2) is 24.4 Å². The van der Waals surface area contributed by atoms with Crippen LogP contribution in [-0.2, 0) is 12.8 Å². The average Bonchev–Trinajstić information content (AvgIpc) is 2.91. The fraction of sp³-hybridized carbons (Fsp3) is 0.500. The molecule has 4 nitrogen and oxygen atoms in total. The second-order valence-corrected chi connectivity index (χ2v) is 4.97. The van der Waals surface area contributed by atoms with Gasteiger partial charge in [-0.2, -0.15) is 5.10 Å². The first-order chi connectivity index (χ1) is 9.69. The zero-order chi connectivity index (χ0) is 14.5. The van der Waals surface area contributed by atoms with Crippen LogP contribution < -0.4 is 5.32 Å². The molecule has 108 valence electrons. The van der Waals surface area contributed by atoms with Gasteiger partial charge in [-0.25, -0.2) is 9.67 Å². The minimum absolute atomic E-state index is 0.327. The molecule has 1 unspecified atom stereocenters.